The minimum Gasteiger partial charge on any atom is -0.476 e. The minimum atomic E-state index is -1.27. The molecule has 0 saturated heterocycles. The third kappa shape index (κ3) is 4.85. The number of hydrogen-bond donors (Lipinski definition) is 1. The van der Waals surface area contributed by atoms with E-state index in [1.54, 1.807) is 0 Å². The summed E-state index contributed by atoms with van der Waals surface area (Å²) in [6.45, 7) is 6.78. The lowest BCUT2D eigenvalue weighted by atomic mass is 9.96. The summed E-state index contributed by atoms with van der Waals surface area (Å²) in [5, 5.41) is 12.7. The van der Waals surface area contributed by atoms with E-state index in [2.05, 4.69) is 94.3 Å². The van der Waals surface area contributed by atoms with Crippen molar-refractivity contribution < 1.29 is 14.7 Å². The largest absolute Gasteiger partial charge is 0.476 e. The number of pyridine rings is 1. The summed E-state index contributed by atoms with van der Waals surface area (Å²) in [7, 11) is 0. The molecular formula is C36H30N4O3. The molecule has 0 atom stereocenters. The molecule has 7 aromatic rings. The fourth-order valence-electron chi connectivity index (χ4n) is 5.91. The van der Waals surface area contributed by atoms with Gasteiger partial charge in [0.05, 0.1) is 11.1 Å². The Morgan fingerprint density at radius 3 is 2.16 bits per heavy atom. The van der Waals surface area contributed by atoms with Gasteiger partial charge >= 0.3 is 5.97 Å². The highest BCUT2D eigenvalue weighted by Gasteiger charge is 2.26. The number of ketones is 1. The second kappa shape index (κ2) is 11.4. The van der Waals surface area contributed by atoms with E-state index in [9.17, 15) is 14.7 Å². The van der Waals surface area contributed by atoms with E-state index in [0.29, 0.717) is 12.1 Å². The van der Waals surface area contributed by atoms with Gasteiger partial charge in [0.25, 0.3) is 0 Å². The number of carbonyl (C=O) groups is 2. The number of para-hydroxylation sites is 1. The molecule has 0 saturated carbocycles. The Bertz CT molecular complexity index is 2160. The van der Waals surface area contributed by atoms with Crippen molar-refractivity contribution in [2.24, 2.45) is 0 Å². The topological polar surface area (TPSA) is 89.5 Å². The van der Waals surface area contributed by atoms with Gasteiger partial charge in [-0.05, 0) is 66.9 Å². The van der Waals surface area contributed by atoms with Crippen LogP contribution in [0.5, 0.6) is 0 Å². The first-order chi connectivity index (χ1) is 20.9. The van der Waals surface area contributed by atoms with E-state index in [-0.39, 0.29) is 11.4 Å². The monoisotopic (exact) mass is 566 g/mol. The maximum Gasteiger partial charge on any atom is 0.356 e. The quantitative estimate of drug-likeness (QED) is 0.215. The first-order valence-corrected chi connectivity index (χ1v) is 14.1. The molecule has 0 aliphatic carbocycles. The zero-order valence-electron chi connectivity index (χ0n) is 24.2. The molecule has 0 unspecified atom stereocenters. The third-order valence-electron chi connectivity index (χ3n) is 7.95. The fraction of sp³-hybridized carbons (Fsp3) is 0.111. The summed E-state index contributed by atoms with van der Waals surface area (Å²) in [5.41, 5.74) is 6.97. The lowest BCUT2D eigenvalue weighted by Crippen LogP contribution is -2.14. The maximum absolute atomic E-state index is 13.0. The fourth-order valence-corrected chi connectivity index (χ4v) is 5.91. The van der Waals surface area contributed by atoms with E-state index in [0.717, 1.165) is 16.6 Å². The Hall–Kier alpha value is -5.56. The van der Waals surface area contributed by atoms with Gasteiger partial charge in [-0.3, -0.25) is 4.79 Å². The predicted molar refractivity (Wildman–Crippen MR) is 170 cm³/mol. The number of aromatic carboxylic acids is 1. The first-order valence-electron chi connectivity index (χ1n) is 14.1. The van der Waals surface area contributed by atoms with E-state index < -0.39 is 11.8 Å². The van der Waals surface area contributed by atoms with Crippen molar-refractivity contribution in [3.05, 3.63) is 138 Å². The van der Waals surface area contributed by atoms with E-state index in [4.69, 9.17) is 0 Å². The lowest BCUT2D eigenvalue weighted by molar-refractivity contribution is 0.0685. The molecule has 4 aromatic heterocycles. The SMILES string of the molecule is CCn1c(C)c(C(=O)c2nccnc2C(=O)O)c2ccccc21.Cc1c(-c2ccn3ccccc23)ccc2ccccc12. The zero-order valence-corrected chi connectivity index (χ0v) is 24.2. The third-order valence-corrected chi connectivity index (χ3v) is 7.95. The molecule has 0 spiro atoms. The average Bonchev–Trinajstić information content (AvgIpc) is 3.59. The number of nitrogens with zero attached hydrogens (tertiary/aromatic N) is 4. The second-order valence-corrected chi connectivity index (χ2v) is 10.3. The highest BCUT2D eigenvalue weighted by molar-refractivity contribution is 6.19. The van der Waals surface area contributed by atoms with Crippen LogP contribution in [-0.2, 0) is 6.54 Å². The molecule has 0 aliphatic heterocycles. The molecule has 212 valence electrons. The predicted octanol–water partition coefficient (Wildman–Crippen LogP) is 7.76. The summed E-state index contributed by atoms with van der Waals surface area (Å²) in [5.74, 6) is -1.69. The van der Waals surface area contributed by atoms with Crippen LogP contribution in [-0.4, -0.2) is 35.8 Å². The molecule has 4 heterocycles. The van der Waals surface area contributed by atoms with Crippen LogP contribution in [0.25, 0.3) is 38.3 Å². The van der Waals surface area contributed by atoms with Crippen LogP contribution in [0.4, 0.5) is 0 Å². The number of hydrogen-bond acceptors (Lipinski definition) is 4. The highest BCUT2D eigenvalue weighted by atomic mass is 16.4. The van der Waals surface area contributed by atoms with Gasteiger partial charge in [0.1, 0.15) is 5.69 Å². The van der Waals surface area contributed by atoms with Crippen molar-refractivity contribution in [3.63, 3.8) is 0 Å². The molecule has 7 nitrogen and oxygen atoms in total. The van der Waals surface area contributed by atoms with Gasteiger partial charge in [-0.15, -0.1) is 0 Å². The standard InChI is InChI=1S/C19H15N.C17H15N3O3/c1-14-16-7-3-2-6-15(16)9-10-17(14)18-11-13-20-12-5-4-8-19(18)20;1-3-20-10(2)13(11-6-4-5-7-12(11)20)16(21)14-15(17(22)23)19-9-8-18-14/h2-13H,1H3;4-9H,3H2,1-2H3,(H,22,23). The maximum atomic E-state index is 13.0. The van der Waals surface area contributed by atoms with Gasteiger partial charge in [0.15, 0.2) is 5.69 Å². The van der Waals surface area contributed by atoms with Gasteiger partial charge in [0.2, 0.25) is 5.78 Å². The van der Waals surface area contributed by atoms with Crippen molar-refractivity contribution in [2.45, 2.75) is 27.3 Å². The molecule has 7 heteroatoms. The molecule has 7 rings (SSSR count). The van der Waals surface area contributed by atoms with E-state index in [1.807, 2.05) is 42.7 Å². The second-order valence-electron chi connectivity index (χ2n) is 10.3. The normalized spacial score (nSPS) is 11.0. The molecule has 3 aromatic carbocycles. The number of fused-ring (bicyclic) bond motifs is 3. The van der Waals surface area contributed by atoms with Crippen LogP contribution in [0.3, 0.4) is 0 Å². The Balaban J connectivity index is 0.000000154. The van der Waals surface area contributed by atoms with Crippen molar-refractivity contribution in [1.82, 2.24) is 18.9 Å². The average molecular weight is 567 g/mol. The van der Waals surface area contributed by atoms with E-state index >= 15 is 0 Å². The number of carboxylic acids is 1. The minimum absolute atomic E-state index is 0.137. The molecule has 0 radical (unpaired) electrons. The number of aryl methyl sites for hydroxylation is 2. The van der Waals surface area contributed by atoms with Crippen LogP contribution < -0.4 is 0 Å². The Labute approximate surface area is 248 Å². The highest BCUT2D eigenvalue weighted by Crippen LogP contribution is 2.33. The van der Waals surface area contributed by atoms with Crippen molar-refractivity contribution in [3.8, 4) is 11.1 Å². The number of rotatable bonds is 5. The van der Waals surface area contributed by atoms with Crippen molar-refractivity contribution in [1.29, 1.82) is 0 Å². The number of carboxylic acid groups (broad SMARTS) is 1. The molecule has 43 heavy (non-hydrogen) atoms. The van der Waals surface area contributed by atoms with Gasteiger partial charge < -0.3 is 14.1 Å². The van der Waals surface area contributed by atoms with Gasteiger partial charge in [-0.2, -0.15) is 0 Å². The molecule has 1 N–H and O–H groups in total. The van der Waals surface area contributed by atoms with Crippen molar-refractivity contribution in [2.75, 3.05) is 0 Å². The summed E-state index contributed by atoms with van der Waals surface area (Å²) >= 11 is 0. The lowest BCUT2D eigenvalue weighted by Gasteiger charge is -2.09. The Morgan fingerprint density at radius 1 is 0.721 bits per heavy atom. The molecule has 0 amide bonds. The van der Waals surface area contributed by atoms with Crippen LogP contribution >= 0.6 is 0 Å². The number of benzene rings is 3. The van der Waals surface area contributed by atoms with Crippen LogP contribution in [0.2, 0.25) is 0 Å². The molecule has 0 fully saturated rings. The summed E-state index contributed by atoms with van der Waals surface area (Å²) in [6.07, 6.45) is 6.81. The summed E-state index contributed by atoms with van der Waals surface area (Å²) in [6, 6.07) is 29.1. The zero-order chi connectivity index (χ0) is 30.1. The Kier molecular flexibility index (Phi) is 7.30. The van der Waals surface area contributed by atoms with Gasteiger partial charge in [0, 0.05) is 53.5 Å². The van der Waals surface area contributed by atoms with Crippen molar-refractivity contribution >= 4 is 38.9 Å². The van der Waals surface area contributed by atoms with Crippen LogP contribution in [0, 0.1) is 13.8 Å². The first kappa shape index (κ1) is 27.6. The van der Waals surface area contributed by atoms with Crippen LogP contribution in [0.15, 0.2) is 110 Å². The van der Waals surface area contributed by atoms with Crippen LogP contribution in [0.1, 0.15) is 44.7 Å². The van der Waals surface area contributed by atoms with Gasteiger partial charge in [-0.25, -0.2) is 14.8 Å². The molecule has 0 bridgehead atoms. The molecule has 0 aliphatic rings. The number of carbonyl (C=O) groups excluding carboxylic acids is 1. The summed E-state index contributed by atoms with van der Waals surface area (Å²) in [4.78, 5) is 32.0. The van der Waals surface area contributed by atoms with E-state index in [1.165, 1.54) is 45.4 Å². The van der Waals surface area contributed by atoms with Gasteiger partial charge in [-0.1, -0.05) is 60.7 Å². The molecular weight excluding hydrogens is 536 g/mol. The smallest absolute Gasteiger partial charge is 0.356 e. The number of aromatic nitrogens is 4. The summed E-state index contributed by atoms with van der Waals surface area (Å²) < 4.78 is 4.20. The Morgan fingerprint density at radius 2 is 1.40 bits per heavy atom.